The van der Waals surface area contributed by atoms with Crippen LogP contribution in [0.5, 0.6) is 0 Å². The number of likely N-dealkylation sites (N-methyl/N-ethyl adjacent to an activating group) is 1. The van der Waals surface area contributed by atoms with Crippen LogP contribution in [0.3, 0.4) is 0 Å². The molecule has 1 unspecified atom stereocenters. The van der Waals surface area contributed by atoms with Crippen LogP contribution in [-0.4, -0.2) is 42.5 Å². The second-order valence-corrected chi connectivity index (χ2v) is 5.19. The highest BCUT2D eigenvalue weighted by Crippen LogP contribution is 2.26. The lowest BCUT2D eigenvalue weighted by Gasteiger charge is -2.39. The second kappa shape index (κ2) is 5.15. The van der Waals surface area contributed by atoms with E-state index in [4.69, 9.17) is 5.73 Å². The van der Waals surface area contributed by atoms with Crippen molar-refractivity contribution in [2.75, 3.05) is 13.6 Å². The van der Waals surface area contributed by atoms with Crippen LogP contribution >= 0.6 is 0 Å². The average molecular weight is 225 g/mol. The Balaban J connectivity index is 1.76. The zero-order chi connectivity index (χ0) is 11.5. The van der Waals surface area contributed by atoms with Gasteiger partial charge in [-0.3, -0.25) is 9.69 Å². The molecule has 2 aliphatic rings. The monoisotopic (exact) mass is 225 g/mol. The Morgan fingerprint density at radius 2 is 2.12 bits per heavy atom. The summed E-state index contributed by atoms with van der Waals surface area (Å²) in [5.41, 5.74) is 5.76. The molecule has 2 aliphatic carbocycles. The van der Waals surface area contributed by atoms with Gasteiger partial charge in [-0.15, -0.1) is 0 Å². The molecule has 2 fully saturated rings. The molecule has 4 heteroatoms. The van der Waals surface area contributed by atoms with Crippen molar-refractivity contribution in [2.24, 2.45) is 5.73 Å². The minimum Gasteiger partial charge on any atom is -0.353 e. The molecule has 0 radical (unpaired) electrons. The highest BCUT2D eigenvalue weighted by atomic mass is 16.1. The van der Waals surface area contributed by atoms with E-state index < -0.39 is 0 Å². The van der Waals surface area contributed by atoms with Crippen LogP contribution in [0.4, 0.5) is 0 Å². The summed E-state index contributed by atoms with van der Waals surface area (Å²) in [5.74, 6) is 0.170. The van der Waals surface area contributed by atoms with E-state index in [2.05, 4.69) is 17.3 Å². The van der Waals surface area contributed by atoms with E-state index in [1.165, 1.54) is 19.3 Å². The van der Waals surface area contributed by atoms with Crippen molar-refractivity contribution in [3.8, 4) is 0 Å². The van der Waals surface area contributed by atoms with E-state index in [0.29, 0.717) is 25.0 Å². The van der Waals surface area contributed by atoms with Crippen LogP contribution in [0.1, 0.15) is 38.5 Å². The predicted molar refractivity (Wildman–Crippen MR) is 64.0 cm³/mol. The van der Waals surface area contributed by atoms with Crippen LogP contribution in [0, 0.1) is 0 Å². The molecule has 0 aliphatic heterocycles. The fraction of sp³-hybridized carbons (Fsp3) is 0.917. The van der Waals surface area contributed by atoms with Gasteiger partial charge in [0, 0.05) is 31.1 Å². The van der Waals surface area contributed by atoms with Crippen LogP contribution in [0.25, 0.3) is 0 Å². The van der Waals surface area contributed by atoms with Crippen molar-refractivity contribution < 1.29 is 4.79 Å². The first-order chi connectivity index (χ1) is 7.70. The Morgan fingerprint density at radius 1 is 1.44 bits per heavy atom. The Labute approximate surface area is 97.6 Å². The molecule has 0 heterocycles. The van der Waals surface area contributed by atoms with Gasteiger partial charge in [-0.1, -0.05) is 6.42 Å². The summed E-state index contributed by atoms with van der Waals surface area (Å²) in [6.45, 7) is 0.574. The Bertz CT molecular complexity index is 249. The first-order valence-corrected chi connectivity index (χ1v) is 6.42. The molecule has 4 nitrogen and oxygen atoms in total. The molecule has 0 aromatic rings. The molecule has 0 spiro atoms. The van der Waals surface area contributed by atoms with Gasteiger partial charge < -0.3 is 11.1 Å². The Kier molecular flexibility index (Phi) is 3.82. The average Bonchev–Trinajstić information content (AvgIpc) is 2.95. The largest absolute Gasteiger partial charge is 0.353 e. The fourth-order valence-corrected chi connectivity index (χ4v) is 2.21. The highest BCUT2D eigenvalue weighted by molar-refractivity contribution is 5.77. The summed E-state index contributed by atoms with van der Waals surface area (Å²) in [7, 11) is 2.10. The third kappa shape index (κ3) is 2.95. The number of nitrogens with two attached hydrogens (primary N) is 1. The maximum atomic E-state index is 11.7. The molecule has 16 heavy (non-hydrogen) atoms. The number of hydrogen-bond donors (Lipinski definition) is 2. The molecular weight excluding hydrogens is 202 g/mol. The van der Waals surface area contributed by atoms with Gasteiger partial charge in [-0.2, -0.15) is 0 Å². The number of nitrogens with zero attached hydrogens (tertiary/aromatic N) is 1. The van der Waals surface area contributed by atoms with E-state index in [1.807, 2.05) is 0 Å². The van der Waals surface area contributed by atoms with Crippen molar-refractivity contribution in [1.82, 2.24) is 10.2 Å². The first kappa shape index (κ1) is 11.9. The van der Waals surface area contributed by atoms with Gasteiger partial charge >= 0.3 is 0 Å². The SMILES string of the molecule is CN(C1CCC1)C(CN)CC(=O)NC1CC1. The Morgan fingerprint density at radius 3 is 2.56 bits per heavy atom. The quantitative estimate of drug-likeness (QED) is 0.691. The van der Waals surface area contributed by atoms with Crippen LogP contribution in [-0.2, 0) is 4.79 Å². The van der Waals surface area contributed by atoms with Crippen molar-refractivity contribution in [2.45, 2.75) is 56.7 Å². The molecular formula is C12H23N3O. The van der Waals surface area contributed by atoms with Crippen LogP contribution in [0.15, 0.2) is 0 Å². The van der Waals surface area contributed by atoms with Gasteiger partial charge in [0.2, 0.25) is 5.91 Å². The Hall–Kier alpha value is -0.610. The molecule has 2 rings (SSSR count). The number of carbonyl (C=O) groups excluding carboxylic acids is 1. The maximum absolute atomic E-state index is 11.7. The summed E-state index contributed by atoms with van der Waals surface area (Å²) in [5, 5.41) is 3.03. The number of amides is 1. The molecule has 1 amide bonds. The van der Waals surface area contributed by atoms with Crippen molar-refractivity contribution >= 4 is 5.91 Å². The van der Waals surface area contributed by atoms with E-state index in [-0.39, 0.29) is 11.9 Å². The molecule has 3 N–H and O–H groups in total. The normalized spacial score (nSPS) is 22.9. The lowest BCUT2D eigenvalue weighted by Crippen LogP contribution is -2.49. The van der Waals surface area contributed by atoms with E-state index in [0.717, 1.165) is 12.8 Å². The fourth-order valence-electron chi connectivity index (χ4n) is 2.21. The van der Waals surface area contributed by atoms with Gasteiger partial charge in [0.05, 0.1) is 0 Å². The number of hydrogen-bond acceptors (Lipinski definition) is 3. The van der Waals surface area contributed by atoms with Crippen LogP contribution in [0.2, 0.25) is 0 Å². The van der Waals surface area contributed by atoms with Gasteiger partial charge in [0.15, 0.2) is 0 Å². The van der Waals surface area contributed by atoms with E-state index in [9.17, 15) is 4.79 Å². The molecule has 1 atom stereocenters. The first-order valence-electron chi connectivity index (χ1n) is 6.42. The number of carbonyl (C=O) groups is 1. The minimum atomic E-state index is 0.170. The molecule has 0 bridgehead atoms. The summed E-state index contributed by atoms with van der Waals surface area (Å²) in [6.07, 6.45) is 6.70. The standard InChI is InChI=1S/C12H23N3O/c1-15(10-3-2-4-10)11(8-13)7-12(16)14-9-5-6-9/h9-11H,2-8,13H2,1H3,(H,14,16). The molecule has 0 aromatic carbocycles. The lowest BCUT2D eigenvalue weighted by atomic mass is 9.90. The van der Waals surface area contributed by atoms with Gasteiger partial charge in [-0.25, -0.2) is 0 Å². The highest BCUT2D eigenvalue weighted by Gasteiger charge is 2.29. The zero-order valence-corrected chi connectivity index (χ0v) is 10.1. The van der Waals surface area contributed by atoms with Crippen molar-refractivity contribution in [3.05, 3.63) is 0 Å². The third-order valence-electron chi connectivity index (χ3n) is 3.86. The third-order valence-corrected chi connectivity index (χ3v) is 3.86. The topological polar surface area (TPSA) is 58.4 Å². The van der Waals surface area contributed by atoms with Crippen molar-refractivity contribution in [3.63, 3.8) is 0 Å². The van der Waals surface area contributed by atoms with Gasteiger partial charge in [0.1, 0.15) is 0 Å². The van der Waals surface area contributed by atoms with Gasteiger partial charge in [-0.05, 0) is 32.7 Å². The lowest BCUT2D eigenvalue weighted by molar-refractivity contribution is -0.122. The summed E-state index contributed by atoms with van der Waals surface area (Å²) >= 11 is 0. The van der Waals surface area contributed by atoms with Crippen LogP contribution < -0.4 is 11.1 Å². The summed E-state index contributed by atoms with van der Waals surface area (Å²) < 4.78 is 0. The number of rotatable bonds is 6. The van der Waals surface area contributed by atoms with E-state index >= 15 is 0 Å². The van der Waals surface area contributed by atoms with Crippen molar-refractivity contribution in [1.29, 1.82) is 0 Å². The molecule has 2 saturated carbocycles. The second-order valence-electron chi connectivity index (χ2n) is 5.19. The van der Waals surface area contributed by atoms with E-state index in [1.54, 1.807) is 0 Å². The maximum Gasteiger partial charge on any atom is 0.221 e. The minimum absolute atomic E-state index is 0.170. The summed E-state index contributed by atoms with van der Waals surface area (Å²) in [4.78, 5) is 14.0. The predicted octanol–water partition coefficient (Wildman–Crippen LogP) is 0.467. The summed E-state index contributed by atoms with van der Waals surface area (Å²) in [6, 6.07) is 1.33. The molecule has 0 saturated heterocycles. The molecule has 92 valence electrons. The number of nitrogens with one attached hydrogen (secondary N) is 1. The molecule has 0 aromatic heterocycles. The van der Waals surface area contributed by atoms with Gasteiger partial charge in [0.25, 0.3) is 0 Å². The smallest absolute Gasteiger partial charge is 0.221 e. The zero-order valence-electron chi connectivity index (χ0n) is 10.1.